The van der Waals surface area contributed by atoms with E-state index in [0.717, 1.165) is 0 Å². The topological polar surface area (TPSA) is 66.8 Å². The van der Waals surface area contributed by atoms with E-state index in [-0.39, 0.29) is 12.5 Å². The molecule has 0 spiro atoms. The first kappa shape index (κ1) is 12.4. The zero-order valence-corrected chi connectivity index (χ0v) is 8.36. The minimum absolute atomic E-state index is 0.153. The van der Waals surface area contributed by atoms with E-state index in [2.05, 4.69) is 0 Å². The molecule has 2 unspecified atom stereocenters. The van der Waals surface area contributed by atoms with Crippen LogP contribution in [0, 0.1) is 0 Å². The smallest absolute Gasteiger partial charge is 0.332 e. The second-order valence-electron chi connectivity index (χ2n) is 2.90. The molecule has 0 aromatic rings. The molecule has 0 saturated carbocycles. The molecule has 1 aliphatic rings. The molecule has 1 saturated heterocycles. The SMILES string of the molecule is CC.CC1CC(O)C[C@@H](C(=O)O)O1. The van der Waals surface area contributed by atoms with Crippen LogP contribution in [0.5, 0.6) is 0 Å². The van der Waals surface area contributed by atoms with Gasteiger partial charge in [-0.3, -0.25) is 0 Å². The summed E-state index contributed by atoms with van der Waals surface area (Å²) in [5.41, 5.74) is 0. The summed E-state index contributed by atoms with van der Waals surface area (Å²) in [5.74, 6) is -0.990. The molecule has 4 heteroatoms. The number of aliphatic hydroxyl groups is 1. The van der Waals surface area contributed by atoms with E-state index in [1.54, 1.807) is 6.92 Å². The van der Waals surface area contributed by atoms with Crippen LogP contribution in [0.25, 0.3) is 0 Å². The number of rotatable bonds is 1. The van der Waals surface area contributed by atoms with Crippen LogP contribution < -0.4 is 0 Å². The Labute approximate surface area is 78.5 Å². The van der Waals surface area contributed by atoms with Gasteiger partial charge in [0.1, 0.15) is 0 Å². The van der Waals surface area contributed by atoms with E-state index in [1.165, 1.54) is 0 Å². The van der Waals surface area contributed by atoms with Gasteiger partial charge in [-0.15, -0.1) is 0 Å². The van der Waals surface area contributed by atoms with Gasteiger partial charge in [0.15, 0.2) is 6.10 Å². The number of aliphatic carboxylic acids is 1. The average molecular weight is 190 g/mol. The number of aliphatic hydroxyl groups excluding tert-OH is 1. The summed E-state index contributed by atoms with van der Waals surface area (Å²) in [6, 6.07) is 0. The number of ether oxygens (including phenoxy) is 1. The van der Waals surface area contributed by atoms with Crippen molar-refractivity contribution in [2.24, 2.45) is 0 Å². The third kappa shape index (κ3) is 4.24. The van der Waals surface area contributed by atoms with E-state index in [9.17, 15) is 4.79 Å². The molecule has 13 heavy (non-hydrogen) atoms. The third-order valence-electron chi connectivity index (χ3n) is 1.76. The van der Waals surface area contributed by atoms with Crippen molar-refractivity contribution in [1.82, 2.24) is 0 Å². The average Bonchev–Trinajstić information content (AvgIpc) is 2.06. The lowest BCUT2D eigenvalue weighted by molar-refractivity contribution is -0.164. The number of carbonyl (C=O) groups is 1. The Morgan fingerprint density at radius 2 is 1.92 bits per heavy atom. The summed E-state index contributed by atoms with van der Waals surface area (Å²) in [7, 11) is 0. The second-order valence-corrected chi connectivity index (χ2v) is 2.90. The van der Waals surface area contributed by atoms with Crippen molar-refractivity contribution in [3.05, 3.63) is 0 Å². The molecule has 1 fully saturated rings. The van der Waals surface area contributed by atoms with Crippen LogP contribution in [0.2, 0.25) is 0 Å². The van der Waals surface area contributed by atoms with Crippen molar-refractivity contribution in [3.63, 3.8) is 0 Å². The van der Waals surface area contributed by atoms with Gasteiger partial charge in [0.05, 0.1) is 12.2 Å². The number of hydrogen-bond donors (Lipinski definition) is 2. The van der Waals surface area contributed by atoms with Crippen molar-refractivity contribution in [1.29, 1.82) is 0 Å². The first-order chi connectivity index (χ1) is 6.09. The van der Waals surface area contributed by atoms with Crippen LogP contribution in [-0.2, 0) is 9.53 Å². The van der Waals surface area contributed by atoms with Crippen LogP contribution in [0.3, 0.4) is 0 Å². The van der Waals surface area contributed by atoms with E-state index >= 15 is 0 Å². The Balaban J connectivity index is 0.000000671. The maximum Gasteiger partial charge on any atom is 0.332 e. The van der Waals surface area contributed by atoms with Gasteiger partial charge in [-0.2, -0.15) is 0 Å². The van der Waals surface area contributed by atoms with Crippen LogP contribution in [0.15, 0.2) is 0 Å². The fourth-order valence-electron chi connectivity index (χ4n) is 1.28. The molecule has 78 valence electrons. The highest BCUT2D eigenvalue weighted by atomic mass is 16.5. The van der Waals surface area contributed by atoms with Crippen LogP contribution in [-0.4, -0.2) is 34.5 Å². The summed E-state index contributed by atoms with van der Waals surface area (Å²) in [4.78, 5) is 10.4. The molecular formula is C9H18O4. The molecule has 0 aliphatic carbocycles. The maximum atomic E-state index is 10.4. The molecule has 1 aliphatic heterocycles. The van der Waals surface area contributed by atoms with Crippen molar-refractivity contribution in [3.8, 4) is 0 Å². The van der Waals surface area contributed by atoms with E-state index in [0.29, 0.717) is 6.42 Å². The maximum absolute atomic E-state index is 10.4. The van der Waals surface area contributed by atoms with E-state index < -0.39 is 18.2 Å². The minimum Gasteiger partial charge on any atom is -0.479 e. The highest BCUT2D eigenvalue weighted by Crippen LogP contribution is 2.18. The lowest BCUT2D eigenvalue weighted by Gasteiger charge is -2.28. The Bertz CT molecular complexity index is 148. The first-order valence-corrected chi connectivity index (χ1v) is 4.66. The van der Waals surface area contributed by atoms with Crippen molar-refractivity contribution < 1.29 is 19.7 Å². The Morgan fingerprint density at radius 3 is 2.31 bits per heavy atom. The normalized spacial score (nSPS) is 33.1. The summed E-state index contributed by atoms with van der Waals surface area (Å²) < 4.78 is 5.06. The molecule has 0 radical (unpaired) electrons. The monoisotopic (exact) mass is 190 g/mol. The lowest BCUT2D eigenvalue weighted by atomic mass is 10.0. The Hall–Kier alpha value is -0.610. The second kappa shape index (κ2) is 5.94. The largest absolute Gasteiger partial charge is 0.479 e. The van der Waals surface area contributed by atoms with Crippen LogP contribution in [0.1, 0.15) is 33.6 Å². The van der Waals surface area contributed by atoms with Crippen molar-refractivity contribution in [2.45, 2.75) is 51.9 Å². The van der Waals surface area contributed by atoms with Crippen LogP contribution in [0.4, 0.5) is 0 Å². The summed E-state index contributed by atoms with van der Waals surface area (Å²) in [6.07, 6.45) is -0.767. The first-order valence-electron chi connectivity index (χ1n) is 4.66. The predicted molar refractivity (Wildman–Crippen MR) is 48.6 cm³/mol. The predicted octanol–water partition coefficient (Wildman–Crippen LogP) is 1.03. The van der Waals surface area contributed by atoms with Gasteiger partial charge in [0.25, 0.3) is 0 Å². The molecule has 1 heterocycles. The highest BCUT2D eigenvalue weighted by molar-refractivity contribution is 5.72. The number of carboxylic acid groups (broad SMARTS) is 1. The van der Waals surface area contributed by atoms with Crippen molar-refractivity contribution >= 4 is 5.97 Å². The zero-order chi connectivity index (χ0) is 10.4. The van der Waals surface area contributed by atoms with Gasteiger partial charge in [-0.25, -0.2) is 4.79 Å². The van der Waals surface area contributed by atoms with Gasteiger partial charge >= 0.3 is 5.97 Å². The van der Waals surface area contributed by atoms with Gasteiger partial charge < -0.3 is 14.9 Å². The minimum atomic E-state index is -0.990. The van der Waals surface area contributed by atoms with Gasteiger partial charge in [-0.05, 0) is 13.3 Å². The summed E-state index contributed by atoms with van der Waals surface area (Å²) in [6.45, 7) is 5.76. The fourth-order valence-corrected chi connectivity index (χ4v) is 1.28. The zero-order valence-electron chi connectivity index (χ0n) is 8.36. The highest BCUT2D eigenvalue weighted by Gasteiger charge is 2.30. The Kier molecular flexibility index (Phi) is 5.66. The van der Waals surface area contributed by atoms with E-state index in [1.807, 2.05) is 13.8 Å². The third-order valence-corrected chi connectivity index (χ3v) is 1.76. The number of hydrogen-bond acceptors (Lipinski definition) is 3. The molecule has 0 amide bonds. The summed E-state index contributed by atoms with van der Waals surface area (Å²) in [5, 5.41) is 17.7. The van der Waals surface area contributed by atoms with E-state index in [4.69, 9.17) is 14.9 Å². The van der Waals surface area contributed by atoms with Gasteiger partial charge in [0, 0.05) is 6.42 Å². The van der Waals surface area contributed by atoms with Gasteiger partial charge in [0.2, 0.25) is 0 Å². The summed E-state index contributed by atoms with van der Waals surface area (Å²) >= 11 is 0. The lowest BCUT2D eigenvalue weighted by Crippen LogP contribution is -2.38. The number of carboxylic acids is 1. The molecule has 4 nitrogen and oxygen atoms in total. The van der Waals surface area contributed by atoms with Gasteiger partial charge in [-0.1, -0.05) is 13.8 Å². The molecule has 2 N–H and O–H groups in total. The molecule has 1 rings (SSSR count). The van der Waals surface area contributed by atoms with Crippen molar-refractivity contribution in [2.75, 3.05) is 0 Å². The van der Waals surface area contributed by atoms with Crippen LogP contribution >= 0.6 is 0 Å². The molecule has 0 aromatic carbocycles. The molecular weight excluding hydrogens is 172 g/mol. The molecule has 0 aromatic heterocycles. The fraction of sp³-hybridized carbons (Fsp3) is 0.889. The standard InChI is InChI=1S/C7H12O4.C2H6/c1-4-2-5(8)3-6(11-4)7(9)10;1-2/h4-6,8H,2-3H2,1H3,(H,9,10);1-2H3/t4?,5?,6-;/m0./s1. The molecule has 0 bridgehead atoms. The quantitative estimate of drug-likeness (QED) is 0.648. The molecule has 3 atom stereocenters. The Morgan fingerprint density at radius 1 is 1.38 bits per heavy atom.